The summed E-state index contributed by atoms with van der Waals surface area (Å²) in [4.78, 5) is 11.9. The van der Waals surface area contributed by atoms with Crippen LogP contribution < -0.4 is 0 Å². The summed E-state index contributed by atoms with van der Waals surface area (Å²) >= 11 is 0. The van der Waals surface area contributed by atoms with Crippen molar-refractivity contribution in [1.29, 1.82) is 0 Å². The van der Waals surface area contributed by atoms with Crippen LogP contribution in [-0.4, -0.2) is 38.1 Å². The van der Waals surface area contributed by atoms with Crippen LogP contribution >= 0.6 is 0 Å². The quantitative estimate of drug-likeness (QED) is 0.423. The predicted molar refractivity (Wildman–Crippen MR) is 106 cm³/mol. The summed E-state index contributed by atoms with van der Waals surface area (Å²) in [7, 11) is 0. The van der Waals surface area contributed by atoms with Crippen molar-refractivity contribution >= 4 is 11.5 Å². The van der Waals surface area contributed by atoms with Gasteiger partial charge in [-0.2, -0.15) is 23.4 Å². The molecule has 0 fully saturated rings. The van der Waals surface area contributed by atoms with Crippen LogP contribution in [0.3, 0.4) is 0 Å². The first-order chi connectivity index (χ1) is 14.7. The van der Waals surface area contributed by atoms with Gasteiger partial charge in [0.2, 0.25) is 0 Å². The van der Waals surface area contributed by atoms with Gasteiger partial charge >= 0.3 is 12.1 Å². The normalized spacial score (nSPS) is 11.9. The number of pyridine rings is 1. The van der Waals surface area contributed by atoms with Gasteiger partial charge in [0.05, 0.1) is 29.6 Å². The summed E-state index contributed by atoms with van der Waals surface area (Å²) in [5.41, 5.74) is 3.78. The van der Waals surface area contributed by atoms with E-state index < -0.39 is 18.7 Å². The summed E-state index contributed by atoms with van der Waals surface area (Å²) in [5.74, 6) is -0.0224. The average molecular weight is 432 g/mol. The SMILES string of the molecule is CCOC(=O)c1coc(-c2ccn3ncc(-c4c(C)nn(CC(F)(F)F)c4C)c3c2)c1. The minimum atomic E-state index is -4.37. The van der Waals surface area contributed by atoms with Gasteiger partial charge < -0.3 is 9.15 Å². The van der Waals surface area contributed by atoms with Crippen LogP contribution in [0.4, 0.5) is 13.2 Å². The number of aromatic nitrogens is 4. The summed E-state index contributed by atoms with van der Waals surface area (Å²) in [5, 5.41) is 8.38. The lowest BCUT2D eigenvalue weighted by atomic mass is 10.0. The number of fused-ring (bicyclic) bond motifs is 1. The summed E-state index contributed by atoms with van der Waals surface area (Å²) in [6, 6.07) is 5.15. The zero-order valence-corrected chi connectivity index (χ0v) is 17.0. The molecule has 0 saturated carbocycles. The Morgan fingerprint density at radius 1 is 1.26 bits per heavy atom. The van der Waals surface area contributed by atoms with Gasteiger partial charge in [-0.1, -0.05) is 0 Å². The Morgan fingerprint density at radius 2 is 2.03 bits per heavy atom. The van der Waals surface area contributed by atoms with E-state index in [1.54, 1.807) is 55.9 Å². The number of hydrogen-bond donors (Lipinski definition) is 0. The number of furan rings is 1. The van der Waals surface area contributed by atoms with Crippen LogP contribution in [0, 0.1) is 13.8 Å². The zero-order chi connectivity index (χ0) is 22.3. The van der Waals surface area contributed by atoms with Crippen molar-refractivity contribution < 1.29 is 27.1 Å². The lowest BCUT2D eigenvalue weighted by molar-refractivity contribution is -0.142. The predicted octanol–water partition coefficient (Wildman–Crippen LogP) is 4.81. The third-order valence-corrected chi connectivity index (χ3v) is 4.90. The van der Waals surface area contributed by atoms with E-state index in [0.29, 0.717) is 44.9 Å². The number of carbonyl (C=O) groups excluding carboxylic acids is 1. The number of ether oxygens (including phenoxy) is 1. The lowest BCUT2D eigenvalue weighted by Gasteiger charge is -2.08. The Morgan fingerprint density at radius 3 is 2.74 bits per heavy atom. The Kier molecular flexibility index (Phi) is 5.08. The van der Waals surface area contributed by atoms with Crippen LogP contribution in [0.1, 0.15) is 28.7 Å². The fourth-order valence-corrected chi connectivity index (χ4v) is 3.55. The van der Waals surface area contributed by atoms with Crippen molar-refractivity contribution in [3.8, 4) is 22.5 Å². The molecular weight excluding hydrogens is 413 g/mol. The highest BCUT2D eigenvalue weighted by molar-refractivity contribution is 5.91. The van der Waals surface area contributed by atoms with Crippen molar-refractivity contribution in [2.45, 2.75) is 33.5 Å². The number of carbonyl (C=O) groups is 1. The van der Waals surface area contributed by atoms with Crippen molar-refractivity contribution in [3.05, 3.63) is 53.8 Å². The molecule has 0 N–H and O–H groups in total. The minimum Gasteiger partial charge on any atom is -0.463 e. The van der Waals surface area contributed by atoms with E-state index in [1.807, 2.05) is 0 Å². The van der Waals surface area contributed by atoms with Gasteiger partial charge in [-0.05, 0) is 39.0 Å². The van der Waals surface area contributed by atoms with Crippen molar-refractivity contribution in [1.82, 2.24) is 19.4 Å². The van der Waals surface area contributed by atoms with E-state index in [1.165, 1.54) is 6.26 Å². The van der Waals surface area contributed by atoms with Crippen LogP contribution in [0.15, 0.2) is 41.3 Å². The first-order valence-corrected chi connectivity index (χ1v) is 9.52. The molecule has 0 aromatic carbocycles. The molecular formula is C21H19F3N4O3. The largest absolute Gasteiger partial charge is 0.463 e. The van der Waals surface area contributed by atoms with E-state index >= 15 is 0 Å². The monoisotopic (exact) mass is 432 g/mol. The first-order valence-electron chi connectivity index (χ1n) is 9.52. The van der Waals surface area contributed by atoms with Crippen LogP contribution in [-0.2, 0) is 11.3 Å². The van der Waals surface area contributed by atoms with Crippen LogP contribution in [0.2, 0.25) is 0 Å². The highest BCUT2D eigenvalue weighted by Gasteiger charge is 2.30. The number of rotatable bonds is 5. The molecule has 0 saturated heterocycles. The van der Waals surface area contributed by atoms with Gasteiger partial charge in [-0.15, -0.1) is 0 Å². The van der Waals surface area contributed by atoms with Gasteiger partial charge in [0.1, 0.15) is 18.6 Å². The molecule has 0 unspecified atom stereocenters. The molecule has 0 aliphatic heterocycles. The summed E-state index contributed by atoms with van der Waals surface area (Å²) in [6.07, 6.45) is 0.265. The molecule has 4 heterocycles. The first kappa shape index (κ1) is 20.7. The number of nitrogens with zero attached hydrogens (tertiary/aromatic N) is 4. The molecule has 4 aromatic rings. The van der Waals surface area contributed by atoms with E-state index in [2.05, 4.69) is 10.2 Å². The van der Waals surface area contributed by atoms with E-state index in [0.717, 1.165) is 4.68 Å². The highest BCUT2D eigenvalue weighted by atomic mass is 19.4. The molecule has 7 nitrogen and oxygen atoms in total. The van der Waals surface area contributed by atoms with Gasteiger partial charge in [0.15, 0.2) is 0 Å². The fourth-order valence-electron chi connectivity index (χ4n) is 3.55. The molecule has 0 aliphatic rings. The van der Waals surface area contributed by atoms with Gasteiger partial charge in [0, 0.05) is 28.6 Å². The number of esters is 1. The second-order valence-corrected chi connectivity index (χ2v) is 7.04. The van der Waals surface area contributed by atoms with Crippen LogP contribution in [0.25, 0.3) is 28.0 Å². The maximum atomic E-state index is 12.9. The third-order valence-electron chi connectivity index (χ3n) is 4.90. The highest BCUT2D eigenvalue weighted by Crippen LogP contribution is 2.33. The zero-order valence-electron chi connectivity index (χ0n) is 17.0. The second kappa shape index (κ2) is 7.60. The number of hydrogen-bond acceptors (Lipinski definition) is 5. The van der Waals surface area contributed by atoms with E-state index in [4.69, 9.17) is 9.15 Å². The molecule has 162 valence electrons. The Bertz CT molecular complexity index is 1270. The summed E-state index contributed by atoms with van der Waals surface area (Å²) in [6.45, 7) is 4.08. The number of alkyl halides is 3. The van der Waals surface area contributed by atoms with E-state index in [9.17, 15) is 18.0 Å². The van der Waals surface area contributed by atoms with Crippen molar-refractivity contribution in [2.75, 3.05) is 6.61 Å². The topological polar surface area (TPSA) is 74.6 Å². The third kappa shape index (κ3) is 3.92. The smallest absolute Gasteiger partial charge is 0.408 e. The molecule has 0 aliphatic carbocycles. The molecule has 0 atom stereocenters. The minimum absolute atomic E-state index is 0.255. The fraction of sp³-hybridized carbons (Fsp3) is 0.286. The Balaban J connectivity index is 1.76. The number of halogens is 3. The average Bonchev–Trinajstić information content (AvgIpc) is 3.39. The molecule has 0 amide bonds. The second-order valence-electron chi connectivity index (χ2n) is 7.04. The van der Waals surface area contributed by atoms with Crippen LogP contribution in [0.5, 0.6) is 0 Å². The molecule has 10 heteroatoms. The standard InChI is InChI=1S/C21H19F3N4O3/c1-4-30-20(29)15-8-18(31-10-15)14-5-6-27-17(7-14)16(9-25-27)19-12(2)26-28(13(19)3)11-21(22,23)24/h5-10H,4,11H2,1-3H3. The molecule has 4 rings (SSSR count). The van der Waals surface area contributed by atoms with Gasteiger partial charge in [-0.25, -0.2) is 9.31 Å². The Hall–Kier alpha value is -3.56. The molecule has 0 radical (unpaired) electrons. The molecule has 0 spiro atoms. The van der Waals surface area contributed by atoms with Crippen molar-refractivity contribution in [2.24, 2.45) is 0 Å². The van der Waals surface area contributed by atoms with Gasteiger partial charge in [0.25, 0.3) is 0 Å². The maximum Gasteiger partial charge on any atom is 0.408 e. The van der Waals surface area contributed by atoms with Crippen molar-refractivity contribution in [3.63, 3.8) is 0 Å². The van der Waals surface area contributed by atoms with E-state index in [-0.39, 0.29) is 6.61 Å². The number of aryl methyl sites for hydroxylation is 1. The summed E-state index contributed by atoms with van der Waals surface area (Å²) < 4.78 is 51.7. The Labute approximate surface area is 175 Å². The maximum absolute atomic E-state index is 12.9. The molecule has 0 bridgehead atoms. The molecule has 31 heavy (non-hydrogen) atoms. The van der Waals surface area contributed by atoms with Gasteiger partial charge in [-0.3, -0.25) is 4.68 Å². The lowest BCUT2D eigenvalue weighted by Crippen LogP contribution is -2.19. The molecule has 4 aromatic heterocycles.